The lowest BCUT2D eigenvalue weighted by atomic mass is 9.94. The number of benzene rings is 1. The Kier molecular flexibility index (Phi) is 5.34. The van der Waals surface area contributed by atoms with Crippen LogP contribution in [-0.2, 0) is 0 Å². The van der Waals surface area contributed by atoms with E-state index in [1.807, 2.05) is 0 Å². The first-order valence-electron chi connectivity index (χ1n) is 8.91. The van der Waals surface area contributed by atoms with Crippen molar-refractivity contribution in [1.82, 2.24) is 9.80 Å². The Labute approximate surface area is 147 Å². The highest BCUT2D eigenvalue weighted by atomic mass is 16.6. The van der Waals surface area contributed by atoms with E-state index in [9.17, 15) is 20.0 Å². The molecule has 1 amide bonds. The molecule has 7 nitrogen and oxygen atoms in total. The van der Waals surface area contributed by atoms with Crippen molar-refractivity contribution >= 4 is 11.6 Å². The average molecular weight is 347 g/mol. The molecule has 1 heterocycles. The van der Waals surface area contributed by atoms with Crippen LogP contribution in [0, 0.1) is 10.1 Å². The summed E-state index contributed by atoms with van der Waals surface area (Å²) in [5, 5.41) is 21.2. The number of carbonyl (C=O) groups is 1. The average Bonchev–Trinajstić information content (AvgIpc) is 3.03. The lowest BCUT2D eigenvalue weighted by Gasteiger charge is -2.31. The van der Waals surface area contributed by atoms with E-state index in [1.165, 1.54) is 56.4 Å². The summed E-state index contributed by atoms with van der Waals surface area (Å²) in [5.41, 5.74) is 0.361. The fraction of sp³-hybridized carbons (Fsp3) is 0.611. The fourth-order valence-electron chi connectivity index (χ4n) is 4.00. The van der Waals surface area contributed by atoms with Crippen molar-refractivity contribution in [3.8, 4) is 0 Å². The molecule has 2 fully saturated rings. The predicted octanol–water partition coefficient (Wildman–Crippen LogP) is 2.04. The monoisotopic (exact) mass is 347 g/mol. The molecule has 1 N–H and O–H groups in total. The van der Waals surface area contributed by atoms with Crippen LogP contribution in [0.3, 0.4) is 0 Å². The highest BCUT2D eigenvalue weighted by Crippen LogP contribution is 2.27. The fourth-order valence-corrected chi connectivity index (χ4v) is 4.00. The Morgan fingerprint density at radius 1 is 1.20 bits per heavy atom. The molecular formula is C18H25N3O4. The molecule has 2 aliphatic rings. The number of hydrogen-bond donors (Lipinski definition) is 1. The molecule has 3 rings (SSSR count). The molecule has 25 heavy (non-hydrogen) atoms. The topological polar surface area (TPSA) is 86.9 Å². The quantitative estimate of drug-likeness (QED) is 0.665. The van der Waals surface area contributed by atoms with E-state index in [1.54, 1.807) is 11.9 Å². The Morgan fingerprint density at radius 2 is 1.84 bits per heavy atom. The van der Waals surface area contributed by atoms with E-state index in [2.05, 4.69) is 4.90 Å². The largest absolute Gasteiger partial charge is 0.390 e. The second kappa shape index (κ2) is 7.49. The van der Waals surface area contributed by atoms with Crippen molar-refractivity contribution in [3.05, 3.63) is 39.9 Å². The van der Waals surface area contributed by atoms with Gasteiger partial charge in [0.2, 0.25) is 0 Å². The molecule has 0 radical (unpaired) electrons. The third-order valence-corrected chi connectivity index (χ3v) is 5.52. The van der Waals surface area contributed by atoms with Gasteiger partial charge in [0.15, 0.2) is 0 Å². The molecule has 7 heteroatoms. The van der Waals surface area contributed by atoms with Gasteiger partial charge in [-0.15, -0.1) is 0 Å². The maximum Gasteiger partial charge on any atom is 0.269 e. The van der Waals surface area contributed by atoms with E-state index in [4.69, 9.17) is 0 Å². The van der Waals surface area contributed by atoms with Crippen LogP contribution in [-0.4, -0.2) is 64.1 Å². The summed E-state index contributed by atoms with van der Waals surface area (Å²) in [7, 11) is 1.70. The van der Waals surface area contributed by atoms with Crippen LogP contribution >= 0.6 is 0 Å². The zero-order chi connectivity index (χ0) is 18.0. The third kappa shape index (κ3) is 3.82. The lowest BCUT2D eigenvalue weighted by Crippen LogP contribution is -2.44. The molecule has 2 atom stereocenters. The number of aliphatic hydroxyl groups excluding tert-OH is 1. The van der Waals surface area contributed by atoms with Gasteiger partial charge < -0.3 is 10.0 Å². The molecule has 1 saturated carbocycles. The number of rotatable bonds is 4. The van der Waals surface area contributed by atoms with Gasteiger partial charge in [0, 0.05) is 43.9 Å². The highest BCUT2D eigenvalue weighted by molar-refractivity contribution is 5.94. The molecule has 0 spiro atoms. The molecule has 1 aromatic rings. The first-order chi connectivity index (χ1) is 12.0. The number of likely N-dealkylation sites (tertiary alicyclic amines) is 1. The number of carbonyl (C=O) groups excluding carboxylic acids is 1. The maximum absolute atomic E-state index is 12.7. The number of non-ortho nitro benzene ring substituents is 1. The van der Waals surface area contributed by atoms with Gasteiger partial charge in [0.25, 0.3) is 11.6 Å². The minimum atomic E-state index is -0.561. The molecule has 1 saturated heterocycles. The number of aliphatic hydroxyl groups is 1. The number of nitrogens with zero attached hydrogens (tertiary/aromatic N) is 3. The van der Waals surface area contributed by atoms with Gasteiger partial charge in [-0.1, -0.05) is 19.3 Å². The highest BCUT2D eigenvalue weighted by Gasteiger charge is 2.39. The van der Waals surface area contributed by atoms with Crippen molar-refractivity contribution < 1.29 is 14.8 Å². The van der Waals surface area contributed by atoms with Crippen LogP contribution in [0.2, 0.25) is 0 Å². The van der Waals surface area contributed by atoms with Gasteiger partial charge >= 0.3 is 0 Å². The van der Waals surface area contributed by atoms with Crippen LogP contribution in [0.15, 0.2) is 24.3 Å². The number of likely N-dealkylation sites (N-methyl/N-ethyl adjacent to an activating group) is 1. The smallest absolute Gasteiger partial charge is 0.269 e. The third-order valence-electron chi connectivity index (χ3n) is 5.52. The Hall–Kier alpha value is -1.99. The van der Waals surface area contributed by atoms with Crippen molar-refractivity contribution in [1.29, 1.82) is 0 Å². The molecule has 1 aliphatic carbocycles. The summed E-state index contributed by atoms with van der Waals surface area (Å²) in [5.74, 6) is -0.218. The van der Waals surface area contributed by atoms with Gasteiger partial charge in [-0.05, 0) is 25.0 Å². The van der Waals surface area contributed by atoms with Crippen molar-refractivity contribution in [2.75, 3.05) is 20.1 Å². The van der Waals surface area contributed by atoms with Crippen LogP contribution in [0.1, 0.15) is 42.5 Å². The molecule has 0 unspecified atom stereocenters. The molecule has 136 valence electrons. The second-order valence-corrected chi connectivity index (χ2v) is 7.10. The maximum atomic E-state index is 12.7. The zero-order valence-corrected chi connectivity index (χ0v) is 14.5. The number of amides is 1. The molecule has 1 aromatic carbocycles. The second-order valence-electron chi connectivity index (χ2n) is 7.10. The molecular weight excluding hydrogens is 322 g/mol. The van der Waals surface area contributed by atoms with Gasteiger partial charge in [-0.25, -0.2) is 0 Å². The summed E-state index contributed by atoms with van der Waals surface area (Å²) in [6.45, 7) is 1.29. The van der Waals surface area contributed by atoms with E-state index < -0.39 is 11.0 Å². The van der Waals surface area contributed by atoms with Gasteiger partial charge in [0.1, 0.15) is 0 Å². The lowest BCUT2D eigenvalue weighted by molar-refractivity contribution is -0.384. The molecule has 0 aromatic heterocycles. The minimum absolute atomic E-state index is 0.0384. The zero-order valence-electron chi connectivity index (χ0n) is 14.5. The van der Waals surface area contributed by atoms with Crippen molar-refractivity contribution in [3.63, 3.8) is 0 Å². The normalized spacial score (nSPS) is 25.0. The minimum Gasteiger partial charge on any atom is -0.390 e. The standard InChI is InChI=1S/C18H25N3O4/c1-19(18(23)13-7-9-15(10-8-13)21(24)25)16-11-20(12-17(16)22)14-5-3-2-4-6-14/h7-10,14,16-17,22H,2-6,11-12H2,1H3/t16-,17-/m0/s1. The van der Waals surface area contributed by atoms with Gasteiger partial charge in [-0.3, -0.25) is 19.8 Å². The number of nitro benzene ring substituents is 1. The van der Waals surface area contributed by atoms with E-state index in [-0.39, 0.29) is 17.6 Å². The van der Waals surface area contributed by atoms with Crippen molar-refractivity contribution in [2.45, 2.75) is 50.3 Å². The van der Waals surface area contributed by atoms with E-state index >= 15 is 0 Å². The van der Waals surface area contributed by atoms with Crippen molar-refractivity contribution in [2.24, 2.45) is 0 Å². The summed E-state index contributed by atoms with van der Waals surface area (Å²) in [4.78, 5) is 26.8. The Bertz CT molecular complexity index is 628. The summed E-state index contributed by atoms with van der Waals surface area (Å²) in [6, 6.07) is 5.87. The van der Waals surface area contributed by atoms with Gasteiger partial charge in [0.05, 0.1) is 17.1 Å². The van der Waals surface area contributed by atoms with Crippen LogP contribution < -0.4 is 0 Å². The predicted molar refractivity (Wildman–Crippen MR) is 93.4 cm³/mol. The number of hydrogen-bond acceptors (Lipinski definition) is 5. The van der Waals surface area contributed by atoms with Crippen LogP contribution in [0.25, 0.3) is 0 Å². The first-order valence-corrected chi connectivity index (χ1v) is 8.91. The van der Waals surface area contributed by atoms with Gasteiger partial charge in [-0.2, -0.15) is 0 Å². The first kappa shape index (κ1) is 17.8. The SMILES string of the molecule is CN(C(=O)c1ccc([N+](=O)[O-])cc1)[C@H]1CN(C2CCCCC2)C[C@@H]1O. The van der Waals surface area contributed by atoms with E-state index in [0.717, 1.165) is 0 Å². The molecule has 0 bridgehead atoms. The Morgan fingerprint density at radius 3 is 2.44 bits per heavy atom. The van der Waals surface area contributed by atoms with Crippen LogP contribution in [0.4, 0.5) is 5.69 Å². The number of nitro groups is 1. The van der Waals surface area contributed by atoms with E-state index in [0.29, 0.717) is 24.7 Å². The van der Waals surface area contributed by atoms with Crippen LogP contribution in [0.5, 0.6) is 0 Å². The summed E-state index contributed by atoms with van der Waals surface area (Å²) in [6.07, 6.45) is 5.53. The number of β-amino-alcohol motifs (C(OH)–C–C–N with tert-alkyl or cyclic N) is 1. The summed E-state index contributed by atoms with van der Waals surface area (Å²) < 4.78 is 0. The molecule has 1 aliphatic heterocycles. The summed E-state index contributed by atoms with van der Waals surface area (Å²) >= 11 is 0. The Balaban J connectivity index is 1.66.